The van der Waals surface area contributed by atoms with Crippen molar-refractivity contribution in [2.45, 2.75) is 296 Å². The Kier molecular flexibility index (Phi) is 53.2. The number of ether oxygens (including phenoxy) is 12. The van der Waals surface area contributed by atoms with E-state index in [0.29, 0.717) is 195 Å². The van der Waals surface area contributed by atoms with Gasteiger partial charge in [-0.15, -0.1) is 0 Å². The Bertz CT molecular complexity index is 4100. The van der Waals surface area contributed by atoms with E-state index in [0.717, 1.165) is 51.0 Å². The second-order valence-corrected chi connectivity index (χ2v) is 47.4. The highest BCUT2D eigenvalue weighted by molar-refractivity contribution is 7.54. The standard InChI is InChI=1S/C17H29NO5.C17H27NO5.2C17H27NO4.C14H23NO4.C12H21NO3.C8H17O5P.C3H8.H2/c2*1-11(19)5-13-6-12-7-18(16(21)23-17(2,3)4)8-14(15(13)20)10-22-9-12;2*1-12(19)5-13-6-14-8-18(16(20)22-17(2,3)4)9-15(7-13)11-21-10-14;1-14(2,3)19-13(17)15-6-10-4-12(16)5-11(7-15)9-18-8-10;1-8(14)2-10-3-9-4-13-5-11(12(10)15)7-16-6-9;1-4-11-8(9)7-14(10,12-5-2)13-6-3;1-3-2;/h12-15,20H,5-10H2,1-4H3;5,12,14-15,20H,6-10H2,1-4H3;6,14-15H,5,7-11H2,1-4H3;5,14-15H,6-11H2,1-4H3;10-11H,4-9H2,1-3H3;9-13,15H,2-7H2,1H3;4-7H2,1-3H3;3H2,1-2H3;1H/b;13-5-;13-6-;;;;;;. The Hall–Kier alpha value is -7.19. The quantitative estimate of drug-likeness (QED) is 0.0389. The zero-order valence-electron chi connectivity index (χ0n) is 90.4. The number of esters is 1. The first-order chi connectivity index (χ1) is 66.2. The summed E-state index contributed by atoms with van der Waals surface area (Å²) in [5.74, 6) is 1.57. The van der Waals surface area contributed by atoms with Gasteiger partial charge in [-0.05, 0) is 233 Å². The molecular weight excluding hydrogens is 1860 g/mol. The Morgan fingerprint density at radius 1 is 0.408 bits per heavy atom. The molecule has 16 saturated heterocycles. The summed E-state index contributed by atoms with van der Waals surface area (Å²) in [6.07, 6.45) is 10.1. The van der Waals surface area contributed by atoms with Crippen LogP contribution in [0.1, 0.15) is 252 Å². The minimum Gasteiger partial charge on any atom is -0.466 e. The molecule has 18 rings (SSSR count). The number of rotatable bonds is 15. The minimum atomic E-state index is -3.28. The molecule has 18 heterocycles. The number of Topliss-reactive ketones (excluding diaryl/α,β-unsaturated/α-hetero) is 4. The summed E-state index contributed by atoms with van der Waals surface area (Å²) in [6, 6.07) is 0. The smallest absolute Gasteiger partial charge is 0.410 e. The van der Waals surface area contributed by atoms with Crippen molar-refractivity contribution in [3.05, 3.63) is 34.9 Å². The van der Waals surface area contributed by atoms with Gasteiger partial charge >= 0.3 is 44.0 Å². The highest BCUT2D eigenvalue weighted by Crippen LogP contribution is 2.48. The number of carbonyl (C=O) groups is 12. The molecule has 0 aromatic heterocycles. The molecular formula is C105H181N6O30P. The van der Waals surface area contributed by atoms with Crippen molar-refractivity contribution >= 4 is 78.7 Å². The van der Waals surface area contributed by atoms with Gasteiger partial charge in [0.15, 0.2) is 11.6 Å². The molecule has 12 bridgehead atoms. The normalized spacial score (nSPS) is 28.1. The van der Waals surface area contributed by atoms with Gasteiger partial charge in [-0.2, -0.15) is 0 Å². The maximum Gasteiger partial charge on any atom is 0.410 e. The predicted molar refractivity (Wildman–Crippen MR) is 538 cm³/mol. The highest BCUT2D eigenvalue weighted by atomic mass is 31.2. The number of amides is 5. The number of hydrogen-bond donors (Lipinski definition) is 4. The summed E-state index contributed by atoms with van der Waals surface area (Å²) >= 11 is 0. The van der Waals surface area contributed by atoms with E-state index < -0.39 is 59.9 Å². The molecule has 0 saturated carbocycles. The van der Waals surface area contributed by atoms with Crippen molar-refractivity contribution in [2.75, 3.05) is 184 Å². The number of aliphatic hydroxyl groups is 3. The van der Waals surface area contributed by atoms with E-state index in [1.54, 1.807) is 74.1 Å². The molecule has 0 aromatic rings. The van der Waals surface area contributed by atoms with Gasteiger partial charge in [0.2, 0.25) is 0 Å². The van der Waals surface area contributed by atoms with Crippen LogP contribution in [0.25, 0.3) is 0 Å². The van der Waals surface area contributed by atoms with Crippen LogP contribution >= 0.6 is 7.60 Å². The van der Waals surface area contributed by atoms with Crippen LogP contribution in [0.15, 0.2) is 34.9 Å². The summed E-state index contributed by atoms with van der Waals surface area (Å²) in [4.78, 5) is 150. The van der Waals surface area contributed by atoms with Crippen LogP contribution in [-0.4, -0.2) is 341 Å². The van der Waals surface area contributed by atoms with Crippen LogP contribution in [0.4, 0.5) is 24.0 Å². The maximum absolute atomic E-state index is 12.4. The molecule has 16 fully saturated rings. The molecule has 0 aliphatic carbocycles. The molecule has 5 amide bonds. The maximum atomic E-state index is 12.4. The van der Waals surface area contributed by atoms with E-state index in [-0.39, 0.29) is 164 Å². The van der Waals surface area contributed by atoms with Crippen molar-refractivity contribution in [1.82, 2.24) is 29.8 Å². The summed E-state index contributed by atoms with van der Waals surface area (Å²) in [5.41, 5.74) is 0.584. The van der Waals surface area contributed by atoms with Crippen molar-refractivity contribution in [3.63, 3.8) is 0 Å². The van der Waals surface area contributed by atoms with Crippen LogP contribution in [0.2, 0.25) is 0 Å². The summed E-state index contributed by atoms with van der Waals surface area (Å²) < 4.78 is 87.6. The monoisotopic (exact) mass is 2040 g/mol. The largest absolute Gasteiger partial charge is 0.466 e. The van der Waals surface area contributed by atoms with Crippen LogP contribution in [0, 0.1) is 82.9 Å². The van der Waals surface area contributed by atoms with Gasteiger partial charge < -0.3 is 121 Å². The third kappa shape index (κ3) is 49.5. The summed E-state index contributed by atoms with van der Waals surface area (Å²) in [6.45, 7) is 59.8. The Morgan fingerprint density at radius 3 is 1.15 bits per heavy atom. The van der Waals surface area contributed by atoms with Gasteiger partial charge in [0.25, 0.3) is 0 Å². The topological polar surface area (TPSA) is 440 Å². The number of hydrogen-bond acceptors (Lipinski definition) is 31. The molecule has 18 aliphatic heterocycles. The highest BCUT2D eigenvalue weighted by Gasteiger charge is 2.44. The molecule has 816 valence electrons. The van der Waals surface area contributed by atoms with Crippen LogP contribution < -0.4 is 5.32 Å². The average Bonchev–Trinajstić information content (AvgIpc) is 0.810. The second-order valence-electron chi connectivity index (χ2n) is 45.3. The van der Waals surface area contributed by atoms with Gasteiger partial charge in [-0.25, -0.2) is 24.0 Å². The predicted octanol–water partition coefficient (Wildman–Crippen LogP) is 14.7. The number of nitrogens with zero attached hydrogens (tertiary/aromatic N) is 5. The molecule has 36 nitrogen and oxygen atoms in total. The van der Waals surface area contributed by atoms with Crippen molar-refractivity contribution < 1.29 is 145 Å². The fourth-order valence-electron chi connectivity index (χ4n) is 19.3. The zero-order valence-corrected chi connectivity index (χ0v) is 91.3. The molecule has 37 heteroatoms. The minimum absolute atomic E-state index is 0. The number of aliphatic hydroxyl groups excluding tert-OH is 3. The number of carbonyl (C=O) groups excluding carboxylic acids is 12. The summed E-state index contributed by atoms with van der Waals surface area (Å²) in [5, 5.41) is 34.9. The molecule has 18 aliphatic rings. The average molecular weight is 2040 g/mol. The van der Waals surface area contributed by atoms with Crippen molar-refractivity contribution in [2.24, 2.45) is 82.9 Å². The number of nitrogens with one attached hydrogen (secondary N) is 1. The lowest BCUT2D eigenvalue weighted by atomic mass is 9.79. The number of allylic oxidation sites excluding steroid dienone is 4. The zero-order chi connectivity index (χ0) is 106. The SMILES string of the molecule is CC(=O)/C=C1/CC2COCC(CN(C(=O)OC(C)(C)C)C2)C1O.CC(=O)C/C1=C/C2COCC(C1)CN(C(=O)OC(C)(C)C)C2.CC(=O)C=C1CC2COCC(C1)CN(C(=O)OC(C)(C)C)C2.CC(=O)CC1CC2CNCC(COC2)C1O.CC(=O)CC1CC2COCC(CN(C(=O)OC(C)(C)C)C2)C1O.CC(C)(C)OC(=O)N1CC2COCC(CC(=O)C2)C1.CCC.CCOC(=O)CP(=O)(OCC)OCC.[HH]. The first kappa shape index (κ1) is 125. The second kappa shape index (κ2) is 60.3. The lowest BCUT2D eigenvalue weighted by molar-refractivity contribution is -0.140. The Balaban J connectivity index is 0.000000348. The Labute approximate surface area is 847 Å². The van der Waals surface area contributed by atoms with E-state index in [9.17, 15) is 77.4 Å². The van der Waals surface area contributed by atoms with E-state index in [1.165, 1.54) is 30.6 Å². The van der Waals surface area contributed by atoms with Crippen LogP contribution in [-0.2, 0) is 104 Å². The van der Waals surface area contributed by atoms with E-state index in [4.69, 9.17) is 61.2 Å². The van der Waals surface area contributed by atoms with Crippen LogP contribution in [0.3, 0.4) is 0 Å². The first-order valence-electron chi connectivity index (χ1n) is 51.5. The molecule has 17 unspecified atom stereocenters. The van der Waals surface area contributed by atoms with Gasteiger partial charge in [0.1, 0.15) is 57.3 Å². The molecule has 0 spiro atoms. The molecule has 142 heavy (non-hydrogen) atoms. The molecule has 4 N–H and O–H groups in total. The Morgan fingerprint density at radius 2 is 0.746 bits per heavy atom. The summed E-state index contributed by atoms with van der Waals surface area (Å²) in [7, 11) is -3.28. The van der Waals surface area contributed by atoms with Crippen molar-refractivity contribution in [1.29, 1.82) is 0 Å². The van der Waals surface area contributed by atoms with Gasteiger partial charge in [-0.1, -0.05) is 37.5 Å². The van der Waals surface area contributed by atoms with E-state index in [1.807, 2.05) is 109 Å². The number of fused-ring (bicyclic) bond motifs is 35. The van der Waals surface area contributed by atoms with Crippen LogP contribution in [0.5, 0.6) is 0 Å². The molecule has 0 aromatic carbocycles. The van der Waals surface area contributed by atoms with Crippen molar-refractivity contribution in [3.8, 4) is 0 Å². The van der Waals surface area contributed by atoms with E-state index in [2.05, 4.69) is 30.0 Å². The van der Waals surface area contributed by atoms with E-state index >= 15 is 0 Å². The van der Waals surface area contributed by atoms with Gasteiger partial charge in [0, 0.05) is 177 Å². The fraction of sp³-hybridized carbons (Fsp3) is 0.829. The number of ketones is 6. The lowest BCUT2D eigenvalue weighted by Gasteiger charge is -2.42. The fourth-order valence-corrected chi connectivity index (χ4v) is 20.7. The van der Waals surface area contributed by atoms with Gasteiger partial charge in [0.05, 0.1) is 117 Å². The lowest BCUT2D eigenvalue weighted by Crippen LogP contribution is -2.52. The first-order valence-corrected chi connectivity index (χ1v) is 53.2. The third-order valence-electron chi connectivity index (χ3n) is 24.3. The molecule has 0 radical (unpaired) electrons. The molecule has 17 atom stereocenters. The third-order valence-corrected chi connectivity index (χ3v) is 26.3. The van der Waals surface area contributed by atoms with Gasteiger partial charge in [-0.3, -0.25) is 28.5 Å².